The third kappa shape index (κ3) is 3.72. The van der Waals surface area contributed by atoms with Crippen LogP contribution in [-0.2, 0) is 14.3 Å². The lowest BCUT2D eigenvalue weighted by molar-refractivity contribution is -0.140. The molecule has 0 radical (unpaired) electrons. The molecule has 0 spiro atoms. The Morgan fingerprint density at radius 1 is 0.903 bits per heavy atom. The molecule has 1 aromatic carbocycles. The fourth-order valence-corrected chi connectivity index (χ4v) is 5.98. The van der Waals surface area contributed by atoms with Crippen LogP contribution in [0.15, 0.2) is 24.3 Å². The lowest BCUT2D eigenvalue weighted by atomic mass is 9.87. The van der Waals surface area contributed by atoms with Crippen LogP contribution in [0.3, 0.4) is 0 Å². The zero-order valence-electron chi connectivity index (χ0n) is 17.9. The first kappa shape index (κ1) is 19.6. The summed E-state index contributed by atoms with van der Waals surface area (Å²) in [4.78, 5) is 31.0. The molecule has 0 aliphatic carbocycles. The van der Waals surface area contributed by atoms with Crippen LogP contribution >= 0.6 is 0 Å². The highest BCUT2D eigenvalue weighted by atomic mass is 16.5. The summed E-state index contributed by atoms with van der Waals surface area (Å²) in [5.41, 5.74) is 2.59. The van der Waals surface area contributed by atoms with Crippen LogP contribution in [0.25, 0.3) is 0 Å². The maximum absolute atomic E-state index is 12.9. The highest BCUT2D eigenvalue weighted by Gasteiger charge is 2.40. The van der Waals surface area contributed by atoms with Gasteiger partial charge in [0.15, 0.2) is 5.78 Å². The van der Waals surface area contributed by atoms with Crippen molar-refractivity contribution in [3.8, 4) is 0 Å². The Kier molecular flexibility index (Phi) is 4.91. The second-order valence-electron chi connectivity index (χ2n) is 9.93. The Morgan fingerprint density at radius 2 is 1.65 bits per heavy atom. The molecule has 6 rings (SSSR count). The standard InChI is InChI=1S/C24H31N3O4/c28-20-9-17-10-25(8-7-23(17)30-15-20)24(29)27-11-18(12-27)16-1-3-19(4-2-16)26-13-21-5-6-22(14-26)31-21/h1-4,17-18,21-23H,5-15H2/t17-,21?,22?,23+/m1/s1. The number of anilines is 1. The monoisotopic (exact) mass is 425 g/mol. The average molecular weight is 426 g/mol. The van der Waals surface area contributed by atoms with Crippen LogP contribution < -0.4 is 4.90 Å². The summed E-state index contributed by atoms with van der Waals surface area (Å²) in [5, 5.41) is 0. The number of piperidine rings is 1. The first-order valence-corrected chi connectivity index (χ1v) is 11.8. The summed E-state index contributed by atoms with van der Waals surface area (Å²) < 4.78 is 11.6. The Labute approximate surface area is 183 Å². The molecule has 5 aliphatic rings. The lowest BCUT2D eigenvalue weighted by Crippen LogP contribution is -2.58. The molecule has 0 aromatic heterocycles. The quantitative estimate of drug-likeness (QED) is 0.727. The van der Waals surface area contributed by atoms with Crippen molar-refractivity contribution in [1.82, 2.24) is 9.80 Å². The number of carbonyl (C=O) groups is 2. The van der Waals surface area contributed by atoms with Crippen molar-refractivity contribution in [1.29, 1.82) is 0 Å². The van der Waals surface area contributed by atoms with E-state index >= 15 is 0 Å². The van der Waals surface area contributed by atoms with Crippen molar-refractivity contribution in [3.05, 3.63) is 29.8 Å². The number of ether oxygens (including phenoxy) is 2. The Bertz CT molecular complexity index is 841. The molecule has 5 fully saturated rings. The molecular weight excluding hydrogens is 394 g/mol. The van der Waals surface area contributed by atoms with Gasteiger partial charge in [-0.3, -0.25) is 4.79 Å². The number of urea groups is 1. The van der Waals surface area contributed by atoms with Gasteiger partial charge in [0.1, 0.15) is 6.61 Å². The molecule has 7 nitrogen and oxygen atoms in total. The van der Waals surface area contributed by atoms with Crippen molar-refractivity contribution < 1.29 is 19.1 Å². The summed E-state index contributed by atoms with van der Waals surface area (Å²) in [6, 6.07) is 9.05. The van der Waals surface area contributed by atoms with Gasteiger partial charge < -0.3 is 24.2 Å². The normalized spacial score (nSPS) is 33.3. The van der Waals surface area contributed by atoms with E-state index in [1.54, 1.807) is 0 Å². The van der Waals surface area contributed by atoms with Gasteiger partial charge >= 0.3 is 6.03 Å². The second kappa shape index (κ2) is 7.78. The van der Waals surface area contributed by atoms with Gasteiger partial charge in [-0.05, 0) is 37.0 Å². The van der Waals surface area contributed by atoms with Gasteiger partial charge in [0.2, 0.25) is 0 Å². The van der Waals surface area contributed by atoms with E-state index in [0.717, 1.165) is 39.1 Å². The zero-order valence-corrected chi connectivity index (χ0v) is 17.9. The molecule has 2 unspecified atom stereocenters. The number of ketones is 1. The predicted molar refractivity (Wildman–Crippen MR) is 115 cm³/mol. The number of hydrogen-bond acceptors (Lipinski definition) is 5. The molecule has 5 heterocycles. The minimum Gasteiger partial charge on any atom is -0.371 e. The molecule has 4 atom stereocenters. The van der Waals surface area contributed by atoms with E-state index in [2.05, 4.69) is 29.2 Å². The van der Waals surface area contributed by atoms with Gasteiger partial charge in [0.05, 0.1) is 18.3 Å². The summed E-state index contributed by atoms with van der Waals surface area (Å²) in [6.45, 7) is 5.16. The summed E-state index contributed by atoms with van der Waals surface area (Å²) in [6.07, 6.45) is 4.70. The number of carbonyl (C=O) groups excluding carboxylic acids is 2. The first-order chi connectivity index (χ1) is 15.1. The van der Waals surface area contributed by atoms with Crippen LogP contribution in [0.5, 0.6) is 0 Å². The van der Waals surface area contributed by atoms with Gasteiger partial charge in [-0.1, -0.05) is 12.1 Å². The van der Waals surface area contributed by atoms with Gasteiger partial charge in [0.25, 0.3) is 0 Å². The average Bonchev–Trinajstić information content (AvgIpc) is 3.10. The van der Waals surface area contributed by atoms with Crippen molar-refractivity contribution in [2.45, 2.75) is 49.9 Å². The highest BCUT2D eigenvalue weighted by molar-refractivity contribution is 5.81. The third-order valence-electron chi connectivity index (χ3n) is 7.81. The zero-order chi connectivity index (χ0) is 20.9. The van der Waals surface area contributed by atoms with Crippen LogP contribution in [0, 0.1) is 5.92 Å². The number of likely N-dealkylation sites (tertiary alicyclic amines) is 2. The number of rotatable bonds is 2. The number of amides is 2. The van der Waals surface area contributed by atoms with Crippen molar-refractivity contribution in [3.63, 3.8) is 0 Å². The van der Waals surface area contributed by atoms with Gasteiger partial charge in [-0.15, -0.1) is 0 Å². The number of benzene rings is 1. The van der Waals surface area contributed by atoms with Gasteiger partial charge in [-0.25, -0.2) is 4.79 Å². The SMILES string of the molecule is O=C1CO[C@H]2CCN(C(=O)N3CC(c4ccc(N5CC6CCC(C5)O6)cc4)C3)C[C@H]2C1. The van der Waals surface area contributed by atoms with E-state index < -0.39 is 0 Å². The van der Waals surface area contributed by atoms with Gasteiger partial charge in [0, 0.05) is 63.2 Å². The number of hydrogen-bond donors (Lipinski definition) is 0. The van der Waals surface area contributed by atoms with E-state index in [0.29, 0.717) is 31.1 Å². The molecule has 7 heteroatoms. The van der Waals surface area contributed by atoms with Crippen LogP contribution in [0.2, 0.25) is 0 Å². The molecule has 5 saturated heterocycles. The molecular formula is C24H31N3O4. The Morgan fingerprint density at radius 3 is 2.39 bits per heavy atom. The number of Topliss-reactive ketones (excluding diaryl/α,β-unsaturated/α-hetero) is 1. The predicted octanol–water partition coefficient (Wildman–Crippen LogP) is 2.25. The van der Waals surface area contributed by atoms with Crippen molar-refractivity contribution >= 4 is 17.5 Å². The summed E-state index contributed by atoms with van der Waals surface area (Å²) in [5.74, 6) is 0.739. The fourth-order valence-electron chi connectivity index (χ4n) is 5.98. The van der Waals surface area contributed by atoms with Crippen LogP contribution in [-0.4, -0.2) is 85.8 Å². The van der Waals surface area contributed by atoms with E-state index in [-0.39, 0.29) is 30.4 Å². The first-order valence-electron chi connectivity index (χ1n) is 11.8. The van der Waals surface area contributed by atoms with Crippen molar-refractivity contribution in [2.24, 2.45) is 5.92 Å². The molecule has 2 amide bonds. The molecule has 5 aliphatic heterocycles. The van der Waals surface area contributed by atoms with E-state index in [1.165, 1.54) is 24.1 Å². The Balaban J connectivity index is 1.02. The Hall–Kier alpha value is -2.12. The molecule has 1 aromatic rings. The lowest BCUT2D eigenvalue weighted by Gasteiger charge is -2.46. The minimum atomic E-state index is 0.119. The molecule has 0 N–H and O–H groups in total. The maximum Gasteiger partial charge on any atom is 0.320 e. The van der Waals surface area contributed by atoms with Gasteiger partial charge in [-0.2, -0.15) is 0 Å². The van der Waals surface area contributed by atoms with E-state index in [4.69, 9.17) is 9.47 Å². The molecule has 2 bridgehead atoms. The number of nitrogens with zero attached hydrogens (tertiary/aromatic N) is 3. The summed E-state index contributed by atoms with van der Waals surface area (Å²) in [7, 11) is 0. The highest BCUT2D eigenvalue weighted by Crippen LogP contribution is 2.34. The van der Waals surface area contributed by atoms with Crippen LogP contribution in [0.1, 0.15) is 37.2 Å². The molecule has 31 heavy (non-hydrogen) atoms. The van der Waals surface area contributed by atoms with Crippen LogP contribution in [0.4, 0.5) is 10.5 Å². The van der Waals surface area contributed by atoms with Crippen molar-refractivity contribution in [2.75, 3.05) is 50.8 Å². The topological polar surface area (TPSA) is 62.3 Å². The smallest absolute Gasteiger partial charge is 0.320 e. The molecule has 166 valence electrons. The minimum absolute atomic E-state index is 0.119. The second-order valence-corrected chi connectivity index (χ2v) is 9.93. The number of morpholine rings is 1. The largest absolute Gasteiger partial charge is 0.371 e. The van der Waals surface area contributed by atoms with E-state index in [9.17, 15) is 9.59 Å². The summed E-state index contributed by atoms with van der Waals surface area (Å²) >= 11 is 0. The van der Waals surface area contributed by atoms with E-state index in [1.807, 2.05) is 9.80 Å². The number of fused-ring (bicyclic) bond motifs is 3. The third-order valence-corrected chi connectivity index (χ3v) is 7.81. The maximum atomic E-state index is 12.9. The fraction of sp³-hybridized carbons (Fsp3) is 0.667. The molecule has 0 saturated carbocycles.